The number of aryl methyl sites for hydroxylation is 1. The number of piperidine rings is 1. The number of para-hydroxylation sites is 1. The van der Waals surface area contributed by atoms with Gasteiger partial charge in [-0.2, -0.15) is 0 Å². The Morgan fingerprint density at radius 1 is 1.11 bits per heavy atom. The Morgan fingerprint density at radius 3 is 2.64 bits per heavy atom. The van der Waals surface area contributed by atoms with Gasteiger partial charge in [0.05, 0.1) is 6.54 Å². The van der Waals surface area contributed by atoms with Gasteiger partial charge in [0.25, 0.3) is 0 Å². The molecule has 0 saturated carbocycles. The summed E-state index contributed by atoms with van der Waals surface area (Å²) in [6.45, 7) is 4.34. The topological polar surface area (TPSA) is 71.3 Å². The van der Waals surface area contributed by atoms with E-state index in [1.54, 1.807) is 0 Å². The molecule has 3 aromatic rings. The molecule has 1 fully saturated rings. The van der Waals surface area contributed by atoms with Gasteiger partial charge in [0.1, 0.15) is 0 Å². The average Bonchev–Trinajstić information content (AvgIpc) is 3.18. The maximum absolute atomic E-state index is 12.4. The second kappa shape index (κ2) is 8.35. The van der Waals surface area contributed by atoms with E-state index < -0.39 is 0 Å². The van der Waals surface area contributed by atoms with E-state index in [1.165, 1.54) is 0 Å². The van der Waals surface area contributed by atoms with Crippen molar-refractivity contribution in [1.82, 2.24) is 15.1 Å². The lowest BCUT2D eigenvalue weighted by Crippen LogP contribution is -2.37. The number of hydrogen-bond acceptors (Lipinski definition) is 5. The summed E-state index contributed by atoms with van der Waals surface area (Å²) in [7, 11) is 0. The van der Waals surface area contributed by atoms with Crippen molar-refractivity contribution < 1.29 is 9.21 Å². The van der Waals surface area contributed by atoms with Crippen LogP contribution in [0.25, 0.3) is 11.5 Å². The zero-order valence-corrected chi connectivity index (χ0v) is 16.0. The van der Waals surface area contributed by atoms with Crippen LogP contribution in [0.4, 0.5) is 5.69 Å². The van der Waals surface area contributed by atoms with Crippen molar-refractivity contribution in [2.24, 2.45) is 5.92 Å². The van der Waals surface area contributed by atoms with Crippen LogP contribution in [-0.4, -0.2) is 34.1 Å². The van der Waals surface area contributed by atoms with E-state index in [2.05, 4.69) is 20.4 Å². The van der Waals surface area contributed by atoms with Gasteiger partial charge in [0.2, 0.25) is 17.7 Å². The summed E-state index contributed by atoms with van der Waals surface area (Å²) in [4.78, 5) is 14.7. The number of benzene rings is 2. The summed E-state index contributed by atoms with van der Waals surface area (Å²) < 4.78 is 5.84. The number of hydrogen-bond donors (Lipinski definition) is 1. The number of amides is 1. The summed E-state index contributed by atoms with van der Waals surface area (Å²) in [6, 6.07) is 17.6. The standard InChI is InChI=1S/C22H24N4O2/c1-16-6-5-7-18(14-16)22-25-24-20(28-22)15-26-12-10-17(11-13-26)21(27)23-19-8-3-2-4-9-19/h2-9,14,17H,10-13,15H2,1H3,(H,23,27). The van der Waals surface area contributed by atoms with Crippen molar-refractivity contribution >= 4 is 11.6 Å². The number of likely N-dealkylation sites (tertiary alicyclic amines) is 1. The molecule has 6 heteroatoms. The SMILES string of the molecule is Cc1cccc(-c2nnc(CN3CCC(C(=O)Nc4ccccc4)CC3)o2)c1. The van der Waals surface area contributed by atoms with Gasteiger partial charge in [-0.05, 0) is 57.1 Å². The highest BCUT2D eigenvalue weighted by atomic mass is 16.4. The van der Waals surface area contributed by atoms with Crippen molar-refractivity contribution in [2.75, 3.05) is 18.4 Å². The lowest BCUT2D eigenvalue weighted by atomic mass is 9.96. The van der Waals surface area contributed by atoms with Gasteiger partial charge in [-0.1, -0.05) is 35.9 Å². The summed E-state index contributed by atoms with van der Waals surface area (Å²) in [6.07, 6.45) is 1.66. The quantitative estimate of drug-likeness (QED) is 0.731. The Hall–Kier alpha value is -2.99. The molecule has 0 aliphatic carbocycles. The fraction of sp³-hybridized carbons (Fsp3) is 0.318. The van der Waals surface area contributed by atoms with Crippen molar-refractivity contribution in [2.45, 2.75) is 26.3 Å². The molecule has 6 nitrogen and oxygen atoms in total. The lowest BCUT2D eigenvalue weighted by molar-refractivity contribution is -0.121. The average molecular weight is 376 g/mol. The Bertz CT molecular complexity index is 930. The van der Waals surface area contributed by atoms with Gasteiger partial charge in [-0.25, -0.2) is 0 Å². The van der Waals surface area contributed by atoms with Crippen LogP contribution in [0, 0.1) is 12.8 Å². The van der Waals surface area contributed by atoms with E-state index in [1.807, 2.05) is 61.5 Å². The van der Waals surface area contributed by atoms with Crippen LogP contribution in [0.15, 0.2) is 59.0 Å². The van der Waals surface area contributed by atoms with E-state index in [0.717, 1.165) is 42.7 Å². The molecule has 1 saturated heterocycles. The van der Waals surface area contributed by atoms with Crippen LogP contribution in [0.5, 0.6) is 0 Å². The zero-order chi connectivity index (χ0) is 19.3. The Kier molecular flexibility index (Phi) is 5.48. The molecular formula is C22H24N4O2. The number of nitrogens with zero attached hydrogens (tertiary/aromatic N) is 3. The molecule has 1 N–H and O–H groups in total. The number of anilines is 1. The van der Waals surface area contributed by atoms with E-state index >= 15 is 0 Å². The van der Waals surface area contributed by atoms with Gasteiger partial charge in [-0.15, -0.1) is 10.2 Å². The first-order chi connectivity index (χ1) is 13.7. The van der Waals surface area contributed by atoms with Gasteiger partial charge < -0.3 is 9.73 Å². The van der Waals surface area contributed by atoms with Crippen molar-refractivity contribution in [3.05, 3.63) is 66.1 Å². The smallest absolute Gasteiger partial charge is 0.247 e. The number of carbonyl (C=O) groups is 1. The van der Waals surface area contributed by atoms with Crippen molar-refractivity contribution in [3.63, 3.8) is 0 Å². The molecule has 1 amide bonds. The normalized spacial score (nSPS) is 15.5. The third-order valence-corrected chi connectivity index (χ3v) is 5.09. The molecule has 1 aliphatic rings. The highest BCUT2D eigenvalue weighted by Crippen LogP contribution is 2.23. The Morgan fingerprint density at radius 2 is 1.89 bits per heavy atom. The molecular weight excluding hydrogens is 352 g/mol. The van der Waals surface area contributed by atoms with Crippen LogP contribution in [-0.2, 0) is 11.3 Å². The van der Waals surface area contributed by atoms with Crippen LogP contribution in [0.1, 0.15) is 24.3 Å². The minimum Gasteiger partial charge on any atom is -0.419 e. The molecule has 0 unspecified atom stereocenters. The Balaban J connectivity index is 1.29. The lowest BCUT2D eigenvalue weighted by Gasteiger charge is -2.30. The van der Waals surface area contributed by atoms with Crippen LogP contribution >= 0.6 is 0 Å². The minimum absolute atomic E-state index is 0.0435. The van der Waals surface area contributed by atoms with E-state index in [4.69, 9.17) is 4.42 Å². The van der Waals surface area contributed by atoms with Crippen LogP contribution in [0.3, 0.4) is 0 Å². The largest absolute Gasteiger partial charge is 0.419 e. The van der Waals surface area contributed by atoms with E-state index in [0.29, 0.717) is 18.3 Å². The maximum atomic E-state index is 12.4. The first-order valence-electron chi connectivity index (χ1n) is 9.65. The summed E-state index contributed by atoms with van der Waals surface area (Å²) in [5.74, 6) is 1.31. The first-order valence-corrected chi connectivity index (χ1v) is 9.65. The summed E-state index contributed by atoms with van der Waals surface area (Å²) >= 11 is 0. The van der Waals surface area contributed by atoms with Crippen LogP contribution < -0.4 is 5.32 Å². The Labute approximate surface area is 164 Å². The molecule has 4 rings (SSSR count). The number of nitrogens with one attached hydrogen (secondary N) is 1. The monoisotopic (exact) mass is 376 g/mol. The minimum atomic E-state index is 0.0435. The molecule has 2 heterocycles. The van der Waals surface area contributed by atoms with Gasteiger partial charge in [0, 0.05) is 17.2 Å². The first kappa shape index (κ1) is 18.4. The fourth-order valence-electron chi connectivity index (χ4n) is 3.52. The zero-order valence-electron chi connectivity index (χ0n) is 16.0. The fourth-order valence-corrected chi connectivity index (χ4v) is 3.52. The number of carbonyl (C=O) groups excluding carboxylic acids is 1. The third-order valence-electron chi connectivity index (χ3n) is 5.09. The predicted molar refractivity (Wildman–Crippen MR) is 108 cm³/mol. The third kappa shape index (κ3) is 4.46. The molecule has 144 valence electrons. The van der Waals surface area contributed by atoms with Gasteiger partial charge in [-0.3, -0.25) is 9.69 Å². The predicted octanol–water partition coefficient (Wildman–Crippen LogP) is 3.90. The van der Waals surface area contributed by atoms with Crippen molar-refractivity contribution in [1.29, 1.82) is 0 Å². The van der Waals surface area contributed by atoms with Crippen LogP contribution in [0.2, 0.25) is 0 Å². The van der Waals surface area contributed by atoms with Gasteiger partial charge in [0.15, 0.2) is 0 Å². The molecule has 2 aromatic carbocycles. The molecule has 0 atom stereocenters. The highest BCUT2D eigenvalue weighted by Gasteiger charge is 2.26. The number of aromatic nitrogens is 2. The molecule has 1 aromatic heterocycles. The van der Waals surface area contributed by atoms with Gasteiger partial charge >= 0.3 is 0 Å². The molecule has 0 bridgehead atoms. The van der Waals surface area contributed by atoms with E-state index in [9.17, 15) is 4.79 Å². The molecule has 0 spiro atoms. The molecule has 0 radical (unpaired) electrons. The second-order valence-electron chi connectivity index (χ2n) is 7.28. The summed E-state index contributed by atoms with van der Waals surface area (Å²) in [5.41, 5.74) is 2.95. The highest BCUT2D eigenvalue weighted by molar-refractivity contribution is 5.92. The molecule has 28 heavy (non-hydrogen) atoms. The maximum Gasteiger partial charge on any atom is 0.247 e. The number of rotatable bonds is 5. The second-order valence-corrected chi connectivity index (χ2v) is 7.28. The van der Waals surface area contributed by atoms with E-state index in [-0.39, 0.29) is 11.8 Å². The van der Waals surface area contributed by atoms with Crippen molar-refractivity contribution in [3.8, 4) is 11.5 Å². The molecule has 1 aliphatic heterocycles. The summed E-state index contributed by atoms with van der Waals surface area (Å²) in [5, 5.41) is 11.4.